The standard InChI is InChI=1S/C23H27F3O2/c1-3-4-5-6-15-7-8-16(13-20(15)24)18-10-11-19(23(26)22(18)25)17-9-12-21(27-2)28-14-17/h7-8,10-11,13,17,21H,3-6,9,12,14H2,1-2H3. The van der Waals surface area contributed by atoms with Crippen LogP contribution in [0.2, 0.25) is 0 Å². The highest BCUT2D eigenvalue weighted by molar-refractivity contribution is 5.65. The third-order valence-electron chi connectivity index (χ3n) is 5.46. The van der Waals surface area contributed by atoms with Crippen LogP contribution in [0.25, 0.3) is 11.1 Å². The van der Waals surface area contributed by atoms with Crippen molar-refractivity contribution < 1.29 is 22.6 Å². The van der Waals surface area contributed by atoms with Crippen molar-refractivity contribution >= 4 is 0 Å². The average molecular weight is 392 g/mol. The normalized spacial score (nSPS) is 19.8. The minimum atomic E-state index is -0.940. The van der Waals surface area contributed by atoms with Crippen LogP contribution < -0.4 is 0 Å². The maximum Gasteiger partial charge on any atom is 0.166 e. The lowest BCUT2D eigenvalue weighted by atomic mass is 9.90. The molecule has 1 aliphatic rings. The fourth-order valence-corrected chi connectivity index (χ4v) is 3.74. The molecule has 152 valence electrons. The summed E-state index contributed by atoms with van der Waals surface area (Å²) < 4.78 is 54.5. The van der Waals surface area contributed by atoms with Crippen LogP contribution in [0.4, 0.5) is 13.2 Å². The molecule has 0 radical (unpaired) electrons. The number of halogens is 3. The highest BCUT2D eigenvalue weighted by atomic mass is 19.2. The Bertz CT molecular complexity index is 799. The van der Waals surface area contributed by atoms with E-state index in [2.05, 4.69) is 6.92 Å². The number of ether oxygens (including phenoxy) is 2. The van der Waals surface area contributed by atoms with E-state index < -0.39 is 11.6 Å². The van der Waals surface area contributed by atoms with Crippen molar-refractivity contribution in [2.75, 3.05) is 13.7 Å². The highest BCUT2D eigenvalue weighted by Crippen LogP contribution is 2.34. The fourth-order valence-electron chi connectivity index (χ4n) is 3.74. The van der Waals surface area contributed by atoms with E-state index in [0.29, 0.717) is 36.0 Å². The topological polar surface area (TPSA) is 18.5 Å². The first kappa shape index (κ1) is 20.9. The van der Waals surface area contributed by atoms with Crippen LogP contribution in [0, 0.1) is 17.5 Å². The van der Waals surface area contributed by atoms with Gasteiger partial charge in [0.05, 0.1) is 6.61 Å². The molecule has 1 saturated heterocycles. The average Bonchev–Trinajstić information content (AvgIpc) is 2.71. The second kappa shape index (κ2) is 9.57. The second-order valence-electron chi connectivity index (χ2n) is 7.37. The minimum absolute atomic E-state index is 0.0757. The molecule has 1 fully saturated rings. The van der Waals surface area contributed by atoms with E-state index in [0.717, 1.165) is 19.3 Å². The number of hydrogen-bond donors (Lipinski definition) is 0. The molecule has 1 heterocycles. The first-order valence-electron chi connectivity index (χ1n) is 9.96. The summed E-state index contributed by atoms with van der Waals surface area (Å²) in [5.74, 6) is -2.41. The zero-order chi connectivity index (χ0) is 20.1. The fraction of sp³-hybridized carbons (Fsp3) is 0.478. The molecule has 3 rings (SSSR count). The minimum Gasteiger partial charge on any atom is -0.356 e. The maximum absolute atomic E-state index is 14.8. The predicted molar refractivity (Wildman–Crippen MR) is 104 cm³/mol. The molecule has 0 spiro atoms. The van der Waals surface area contributed by atoms with E-state index in [-0.39, 0.29) is 30.2 Å². The Morgan fingerprint density at radius 2 is 1.86 bits per heavy atom. The van der Waals surface area contributed by atoms with Crippen molar-refractivity contribution in [2.45, 2.75) is 57.7 Å². The summed E-state index contributed by atoms with van der Waals surface area (Å²) in [6.07, 6.45) is 4.68. The van der Waals surface area contributed by atoms with Crippen LogP contribution in [0.3, 0.4) is 0 Å². The van der Waals surface area contributed by atoms with Crippen LogP contribution in [0.1, 0.15) is 56.1 Å². The van der Waals surface area contributed by atoms with Gasteiger partial charge in [0.15, 0.2) is 17.9 Å². The molecule has 2 nitrogen and oxygen atoms in total. The Kier molecular flexibility index (Phi) is 7.13. The van der Waals surface area contributed by atoms with Crippen LogP contribution in [-0.2, 0) is 15.9 Å². The van der Waals surface area contributed by atoms with Gasteiger partial charge in [-0.2, -0.15) is 0 Å². The van der Waals surface area contributed by atoms with E-state index >= 15 is 0 Å². The van der Waals surface area contributed by atoms with E-state index in [4.69, 9.17) is 9.47 Å². The third-order valence-corrected chi connectivity index (χ3v) is 5.46. The van der Waals surface area contributed by atoms with Gasteiger partial charge in [-0.25, -0.2) is 13.2 Å². The highest BCUT2D eigenvalue weighted by Gasteiger charge is 2.27. The van der Waals surface area contributed by atoms with Crippen molar-refractivity contribution in [2.24, 2.45) is 0 Å². The molecule has 2 aromatic carbocycles. The van der Waals surface area contributed by atoms with Crippen LogP contribution in [0.15, 0.2) is 30.3 Å². The molecule has 0 aromatic heterocycles. The van der Waals surface area contributed by atoms with Crippen LogP contribution in [0.5, 0.6) is 0 Å². The SMILES string of the molecule is CCCCCc1ccc(-c2ccc(C3CCC(OC)OC3)c(F)c2F)cc1F. The Labute approximate surface area is 164 Å². The van der Waals surface area contributed by atoms with Gasteiger partial charge in [-0.1, -0.05) is 44.0 Å². The Hall–Kier alpha value is -1.85. The first-order chi connectivity index (χ1) is 13.5. The zero-order valence-corrected chi connectivity index (χ0v) is 16.4. The monoisotopic (exact) mass is 392 g/mol. The lowest BCUT2D eigenvalue weighted by Gasteiger charge is -2.28. The third kappa shape index (κ3) is 4.58. The van der Waals surface area contributed by atoms with Crippen molar-refractivity contribution in [3.05, 3.63) is 58.9 Å². The molecule has 5 heteroatoms. The molecule has 0 amide bonds. The predicted octanol–water partition coefficient (Wildman–Crippen LogP) is 6.37. The second-order valence-corrected chi connectivity index (χ2v) is 7.37. The molecule has 0 bridgehead atoms. The lowest BCUT2D eigenvalue weighted by molar-refractivity contribution is -0.151. The molecule has 1 aliphatic heterocycles. The maximum atomic E-state index is 14.8. The smallest absolute Gasteiger partial charge is 0.166 e. The van der Waals surface area contributed by atoms with Gasteiger partial charge >= 0.3 is 0 Å². The molecule has 2 aromatic rings. The number of aryl methyl sites for hydroxylation is 1. The molecule has 28 heavy (non-hydrogen) atoms. The quantitative estimate of drug-likeness (QED) is 0.510. The Morgan fingerprint density at radius 3 is 2.50 bits per heavy atom. The largest absolute Gasteiger partial charge is 0.356 e. The summed E-state index contributed by atoms with van der Waals surface area (Å²) in [4.78, 5) is 0. The van der Waals surface area contributed by atoms with Crippen molar-refractivity contribution in [3.8, 4) is 11.1 Å². The van der Waals surface area contributed by atoms with Crippen molar-refractivity contribution in [1.29, 1.82) is 0 Å². The van der Waals surface area contributed by atoms with Gasteiger partial charge in [0.2, 0.25) is 0 Å². The number of methoxy groups -OCH3 is 1. The molecule has 0 N–H and O–H groups in total. The molecular weight excluding hydrogens is 365 g/mol. The van der Waals surface area contributed by atoms with Crippen LogP contribution in [-0.4, -0.2) is 20.0 Å². The molecule has 2 unspecified atom stereocenters. The van der Waals surface area contributed by atoms with E-state index in [9.17, 15) is 13.2 Å². The summed E-state index contributed by atoms with van der Waals surface area (Å²) in [6, 6.07) is 7.75. The van der Waals surface area contributed by atoms with E-state index in [1.54, 1.807) is 25.3 Å². The first-order valence-corrected chi connectivity index (χ1v) is 9.96. The Morgan fingerprint density at radius 1 is 1.04 bits per heavy atom. The van der Waals surface area contributed by atoms with Gasteiger partial charge in [0, 0.05) is 18.6 Å². The number of rotatable bonds is 7. The molecular formula is C23H27F3O2. The van der Waals surface area contributed by atoms with Gasteiger partial charge in [-0.15, -0.1) is 0 Å². The van der Waals surface area contributed by atoms with Gasteiger partial charge in [-0.3, -0.25) is 0 Å². The van der Waals surface area contributed by atoms with Crippen LogP contribution >= 0.6 is 0 Å². The number of benzene rings is 2. The lowest BCUT2D eigenvalue weighted by Crippen LogP contribution is -2.26. The number of unbranched alkanes of at least 4 members (excludes halogenated alkanes) is 2. The summed E-state index contributed by atoms with van der Waals surface area (Å²) in [7, 11) is 1.56. The summed E-state index contributed by atoms with van der Waals surface area (Å²) >= 11 is 0. The molecule has 2 atom stereocenters. The summed E-state index contributed by atoms with van der Waals surface area (Å²) in [5, 5.41) is 0. The number of hydrogen-bond acceptors (Lipinski definition) is 2. The van der Waals surface area contributed by atoms with Crippen molar-refractivity contribution in [1.82, 2.24) is 0 Å². The van der Waals surface area contributed by atoms with Gasteiger partial charge < -0.3 is 9.47 Å². The van der Waals surface area contributed by atoms with Gasteiger partial charge in [0.1, 0.15) is 5.82 Å². The summed E-state index contributed by atoms with van der Waals surface area (Å²) in [6.45, 7) is 2.38. The van der Waals surface area contributed by atoms with E-state index in [1.807, 2.05) is 0 Å². The van der Waals surface area contributed by atoms with Gasteiger partial charge in [-0.05, 0) is 48.4 Å². The summed E-state index contributed by atoms with van der Waals surface area (Å²) in [5.41, 5.74) is 1.33. The molecule has 0 aliphatic carbocycles. The molecule has 0 saturated carbocycles. The van der Waals surface area contributed by atoms with Gasteiger partial charge in [0.25, 0.3) is 0 Å². The van der Waals surface area contributed by atoms with Crippen molar-refractivity contribution in [3.63, 3.8) is 0 Å². The van der Waals surface area contributed by atoms with E-state index in [1.165, 1.54) is 12.1 Å². The Balaban J connectivity index is 1.80. The zero-order valence-electron chi connectivity index (χ0n) is 16.4.